The topological polar surface area (TPSA) is 70.2 Å². The quantitative estimate of drug-likeness (QED) is 0.701. The zero-order valence-electron chi connectivity index (χ0n) is 14.3. The lowest BCUT2D eigenvalue weighted by molar-refractivity contribution is -0.114. The molecule has 0 heterocycles. The summed E-state index contributed by atoms with van der Waals surface area (Å²) in [6, 6.07) is 14.1. The van der Waals surface area contributed by atoms with E-state index in [1.54, 1.807) is 36.4 Å². The van der Waals surface area contributed by atoms with Crippen LogP contribution in [-0.4, -0.2) is 24.4 Å². The molecule has 2 amide bonds. The molecule has 0 aliphatic heterocycles. The van der Waals surface area contributed by atoms with Crippen LogP contribution in [0.5, 0.6) is 0 Å². The summed E-state index contributed by atoms with van der Waals surface area (Å²) in [5.74, 6) is -0.315. The number of rotatable bonds is 7. The van der Waals surface area contributed by atoms with Crippen molar-refractivity contribution in [1.82, 2.24) is 5.32 Å². The van der Waals surface area contributed by atoms with Gasteiger partial charge in [0.25, 0.3) is 5.91 Å². The highest BCUT2D eigenvalue weighted by Gasteiger charge is 2.09. The van der Waals surface area contributed by atoms with E-state index in [2.05, 4.69) is 16.0 Å². The summed E-state index contributed by atoms with van der Waals surface area (Å²) < 4.78 is 0. The second-order valence-electron chi connectivity index (χ2n) is 5.74. The number of benzene rings is 2. The van der Waals surface area contributed by atoms with E-state index in [0.717, 1.165) is 6.42 Å². The molecular weight excluding hydrogens is 338 g/mol. The Kier molecular flexibility index (Phi) is 6.83. The van der Waals surface area contributed by atoms with Crippen molar-refractivity contribution in [1.29, 1.82) is 0 Å². The number of carbonyl (C=O) groups is 2. The van der Waals surface area contributed by atoms with Gasteiger partial charge in [-0.05, 0) is 49.7 Å². The summed E-state index contributed by atoms with van der Waals surface area (Å²) in [6.07, 6.45) is 0.873. The molecule has 2 aromatic carbocycles. The molecule has 2 aromatic rings. The van der Waals surface area contributed by atoms with Gasteiger partial charge in [-0.2, -0.15) is 0 Å². The smallest absolute Gasteiger partial charge is 0.251 e. The molecule has 0 radical (unpaired) electrons. The molecule has 2 rings (SSSR count). The van der Waals surface area contributed by atoms with Crippen molar-refractivity contribution < 1.29 is 9.59 Å². The van der Waals surface area contributed by atoms with Crippen LogP contribution in [-0.2, 0) is 4.79 Å². The molecule has 1 unspecified atom stereocenters. The van der Waals surface area contributed by atoms with E-state index in [4.69, 9.17) is 11.6 Å². The first kappa shape index (κ1) is 18.8. The van der Waals surface area contributed by atoms with Crippen LogP contribution in [0, 0.1) is 0 Å². The minimum atomic E-state index is -0.197. The second kappa shape index (κ2) is 9.08. The summed E-state index contributed by atoms with van der Waals surface area (Å²) in [4.78, 5) is 24.0. The van der Waals surface area contributed by atoms with Crippen LogP contribution in [0.15, 0.2) is 48.5 Å². The van der Waals surface area contributed by atoms with Crippen LogP contribution in [0.1, 0.15) is 30.6 Å². The van der Waals surface area contributed by atoms with E-state index in [9.17, 15) is 9.59 Å². The molecule has 25 heavy (non-hydrogen) atoms. The van der Waals surface area contributed by atoms with Gasteiger partial charge in [0.05, 0.1) is 17.3 Å². The van der Waals surface area contributed by atoms with E-state index in [0.29, 0.717) is 22.0 Å². The maximum Gasteiger partial charge on any atom is 0.251 e. The molecule has 6 heteroatoms. The Morgan fingerprint density at radius 1 is 1.08 bits per heavy atom. The fraction of sp³-hybridized carbons (Fsp3) is 0.263. The van der Waals surface area contributed by atoms with E-state index >= 15 is 0 Å². The number of nitrogens with one attached hydrogen (secondary N) is 3. The molecule has 3 N–H and O–H groups in total. The molecule has 0 aromatic heterocycles. The van der Waals surface area contributed by atoms with Crippen molar-refractivity contribution in [3.8, 4) is 0 Å². The highest BCUT2D eigenvalue weighted by molar-refractivity contribution is 6.33. The third-order valence-corrected chi connectivity index (χ3v) is 4.06. The van der Waals surface area contributed by atoms with Crippen LogP contribution in [0.3, 0.4) is 0 Å². The van der Waals surface area contributed by atoms with Crippen molar-refractivity contribution in [2.45, 2.75) is 26.3 Å². The Balaban J connectivity index is 1.87. The van der Waals surface area contributed by atoms with Gasteiger partial charge in [0.2, 0.25) is 5.91 Å². The first-order valence-electron chi connectivity index (χ1n) is 8.18. The zero-order valence-corrected chi connectivity index (χ0v) is 15.1. The fourth-order valence-electron chi connectivity index (χ4n) is 2.10. The van der Waals surface area contributed by atoms with Gasteiger partial charge >= 0.3 is 0 Å². The Labute approximate surface area is 152 Å². The molecule has 132 valence electrons. The Morgan fingerprint density at radius 3 is 2.40 bits per heavy atom. The van der Waals surface area contributed by atoms with Crippen LogP contribution in [0.2, 0.25) is 5.02 Å². The number of carbonyl (C=O) groups excluding carboxylic acids is 2. The van der Waals surface area contributed by atoms with Crippen molar-refractivity contribution in [2.75, 3.05) is 17.2 Å². The predicted molar refractivity (Wildman–Crippen MR) is 102 cm³/mol. The van der Waals surface area contributed by atoms with Gasteiger partial charge in [-0.1, -0.05) is 30.7 Å². The molecule has 0 aliphatic carbocycles. The van der Waals surface area contributed by atoms with Crippen molar-refractivity contribution in [3.05, 3.63) is 59.1 Å². The Hall–Kier alpha value is -2.53. The molecular formula is C19H22ClN3O2. The average Bonchev–Trinajstić information content (AvgIpc) is 2.61. The molecule has 0 aliphatic rings. The second-order valence-corrected chi connectivity index (χ2v) is 6.15. The number of hydrogen-bond acceptors (Lipinski definition) is 3. The average molecular weight is 360 g/mol. The molecule has 0 bridgehead atoms. The Morgan fingerprint density at radius 2 is 1.76 bits per heavy atom. The predicted octanol–water partition coefficient (Wildman–Crippen LogP) is 3.92. The largest absolute Gasteiger partial charge is 0.375 e. The third-order valence-electron chi connectivity index (χ3n) is 3.73. The maximum absolute atomic E-state index is 12.0. The first-order chi connectivity index (χ1) is 12.0. The number of halogens is 1. The minimum absolute atomic E-state index is 0.0972. The lowest BCUT2D eigenvalue weighted by Crippen LogP contribution is -2.31. The van der Waals surface area contributed by atoms with Gasteiger partial charge in [-0.3, -0.25) is 9.59 Å². The summed E-state index contributed by atoms with van der Waals surface area (Å²) in [6.45, 7) is 4.07. The molecule has 0 saturated carbocycles. The van der Waals surface area contributed by atoms with Crippen LogP contribution < -0.4 is 16.0 Å². The van der Waals surface area contributed by atoms with Crippen LogP contribution >= 0.6 is 11.6 Å². The standard InChI is InChI=1S/C19H22ClN3O2/c1-3-13(2)22-19(25)14-8-10-15(11-9-14)23-18(24)12-21-17-7-5-4-6-16(17)20/h4-11,13,21H,3,12H2,1-2H3,(H,22,25)(H,23,24). The highest BCUT2D eigenvalue weighted by atomic mass is 35.5. The molecule has 0 spiro atoms. The Bertz CT molecular complexity index is 732. The van der Waals surface area contributed by atoms with Crippen molar-refractivity contribution in [3.63, 3.8) is 0 Å². The van der Waals surface area contributed by atoms with Gasteiger partial charge in [-0.15, -0.1) is 0 Å². The number of amides is 2. The number of hydrogen-bond donors (Lipinski definition) is 3. The number of anilines is 2. The SMILES string of the molecule is CCC(C)NC(=O)c1ccc(NC(=O)CNc2ccccc2Cl)cc1. The van der Waals surface area contributed by atoms with Gasteiger partial charge in [0, 0.05) is 17.3 Å². The van der Waals surface area contributed by atoms with Crippen LogP contribution in [0.25, 0.3) is 0 Å². The highest BCUT2D eigenvalue weighted by Crippen LogP contribution is 2.20. The molecule has 1 atom stereocenters. The van der Waals surface area contributed by atoms with Crippen molar-refractivity contribution >= 4 is 34.8 Å². The summed E-state index contributed by atoms with van der Waals surface area (Å²) in [5.41, 5.74) is 1.90. The first-order valence-corrected chi connectivity index (χ1v) is 8.56. The number of para-hydroxylation sites is 1. The summed E-state index contributed by atoms with van der Waals surface area (Å²) >= 11 is 6.03. The van der Waals surface area contributed by atoms with Gasteiger partial charge in [-0.25, -0.2) is 0 Å². The fourth-order valence-corrected chi connectivity index (χ4v) is 2.30. The van der Waals surface area contributed by atoms with Gasteiger partial charge in [0.15, 0.2) is 0 Å². The minimum Gasteiger partial charge on any atom is -0.375 e. The van der Waals surface area contributed by atoms with E-state index in [1.807, 2.05) is 26.0 Å². The van der Waals surface area contributed by atoms with Gasteiger partial charge in [0.1, 0.15) is 0 Å². The summed E-state index contributed by atoms with van der Waals surface area (Å²) in [5, 5.41) is 9.22. The zero-order chi connectivity index (χ0) is 18.2. The van der Waals surface area contributed by atoms with Crippen molar-refractivity contribution in [2.24, 2.45) is 0 Å². The lowest BCUT2D eigenvalue weighted by Gasteiger charge is -2.12. The van der Waals surface area contributed by atoms with E-state index in [-0.39, 0.29) is 24.4 Å². The maximum atomic E-state index is 12.0. The normalized spacial score (nSPS) is 11.5. The summed E-state index contributed by atoms with van der Waals surface area (Å²) in [7, 11) is 0. The lowest BCUT2D eigenvalue weighted by atomic mass is 10.1. The molecule has 0 fully saturated rings. The third kappa shape index (κ3) is 5.80. The monoisotopic (exact) mass is 359 g/mol. The van der Waals surface area contributed by atoms with Crippen LogP contribution in [0.4, 0.5) is 11.4 Å². The van der Waals surface area contributed by atoms with E-state index < -0.39 is 0 Å². The van der Waals surface area contributed by atoms with Gasteiger partial charge < -0.3 is 16.0 Å². The van der Waals surface area contributed by atoms with E-state index in [1.165, 1.54) is 0 Å². The molecule has 5 nitrogen and oxygen atoms in total. The molecule has 0 saturated heterocycles.